The molecule has 0 aliphatic heterocycles. The van der Waals surface area contributed by atoms with E-state index in [1.54, 1.807) is 0 Å². The van der Waals surface area contributed by atoms with Crippen molar-refractivity contribution in [2.24, 2.45) is 0 Å². The Morgan fingerprint density at radius 1 is 0.551 bits per heavy atom. The van der Waals surface area contributed by atoms with Gasteiger partial charge in [-0.3, -0.25) is 14.4 Å². The molecule has 0 saturated carbocycles. The van der Waals surface area contributed by atoms with Crippen LogP contribution in [0.3, 0.4) is 0 Å². The molecule has 1 amide bonds. The Bertz CT molecular complexity index is 891. The van der Waals surface area contributed by atoms with E-state index in [2.05, 4.69) is 67.8 Å². The Hall–Kier alpha value is -2.63. The molecule has 0 spiro atoms. The first kappa shape index (κ1) is 46.4. The van der Waals surface area contributed by atoms with Crippen LogP contribution in [0.15, 0.2) is 48.6 Å². The third-order valence-corrected chi connectivity index (χ3v) is 8.77. The van der Waals surface area contributed by atoms with Gasteiger partial charge in [-0.05, 0) is 77.0 Å². The average molecular weight is 686 g/mol. The second-order valence-electron chi connectivity index (χ2n) is 13.5. The number of amides is 1. The fourth-order valence-electron chi connectivity index (χ4n) is 5.80. The highest BCUT2D eigenvalue weighted by atomic mass is 16.5. The predicted molar refractivity (Wildman–Crippen MR) is 208 cm³/mol. The first-order valence-corrected chi connectivity index (χ1v) is 20.3. The molecular weight excluding hydrogens is 610 g/mol. The molecule has 2 N–H and O–H groups in total. The number of allylic oxidation sites excluding steroid dienone is 8. The number of rotatable bonds is 36. The molecule has 49 heavy (non-hydrogen) atoms. The Balaban J connectivity index is 4.26. The van der Waals surface area contributed by atoms with Gasteiger partial charge in [0, 0.05) is 12.8 Å². The third-order valence-electron chi connectivity index (χ3n) is 8.77. The molecule has 0 saturated heterocycles. The van der Waals surface area contributed by atoms with Crippen LogP contribution in [0.25, 0.3) is 0 Å². The quantitative estimate of drug-likeness (QED) is 0.0389. The number of nitrogens with one attached hydrogen (secondary N) is 1. The van der Waals surface area contributed by atoms with Crippen LogP contribution in [-0.4, -0.2) is 35.6 Å². The predicted octanol–water partition coefficient (Wildman–Crippen LogP) is 12.3. The Kier molecular flexibility index (Phi) is 36.1. The van der Waals surface area contributed by atoms with Crippen LogP contribution in [0, 0.1) is 0 Å². The normalized spacial score (nSPS) is 12.5. The average Bonchev–Trinajstić information content (AvgIpc) is 3.08. The van der Waals surface area contributed by atoms with Crippen molar-refractivity contribution in [3.63, 3.8) is 0 Å². The maximum atomic E-state index is 12.7. The van der Waals surface area contributed by atoms with E-state index in [1.807, 2.05) is 0 Å². The number of hydrogen-bond donors (Lipinski definition) is 2. The Labute approximate surface area is 301 Å². The minimum Gasteiger partial charge on any atom is -0.480 e. The summed E-state index contributed by atoms with van der Waals surface area (Å²) in [7, 11) is 0. The Morgan fingerprint density at radius 2 is 1.00 bits per heavy atom. The first-order chi connectivity index (χ1) is 24.0. The maximum Gasteiger partial charge on any atom is 0.322 e. The van der Waals surface area contributed by atoms with Crippen molar-refractivity contribution in [1.29, 1.82) is 0 Å². The SMILES string of the molecule is CC/C=C\C/C=C\C/C=C\C/C=C\CCCCC(=O)OC(CCCCCCCCCCCCCC)CCCCCCCC(=O)NCC(=O)O. The van der Waals surface area contributed by atoms with Crippen molar-refractivity contribution < 1.29 is 24.2 Å². The highest BCUT2D eigenvalue weighted by molar-refractivity contribution is 5.80. The second-order valence-corrected chi connectivity index (χ2v) is 13.5. The zero-order valence-electron chi connectivity index (χ0n) is 31.8. The van der Waals surface area contributed by atoms with Crippen molar-refractivity contribution in [1.82, 2.24) is 5.32 Å². The van der Waals surface area contributed by atoms with Gasteiger partial charge in [0.25, 0.3) is 0 Å². The number of carboxylic acid groups (broad SMARTS) is 1. The van der Waals surface area contributed by atoms with E-state index in [0.717, 1.165) is 96.3 Å². The van der Waals surface area contributed by atoms with Crippen LogP contribution >= 0.6 is 0 Å². The maximum absolute atomic E-state index is 12.7. The molecule has 0 heterocycles. The van der Waals surface area contributed by atoms with Gasteiger partial charge in [0.2, 0.25) is 5.91 Å². The van der Waals surface area contributed by atoms with Gasteiger partial charge in [-0.25, -0.2) is 0 Å². The van der Waals surface area contributed by atoms with Crippen LogP contribution in [0.1, 0.15) is 194 Å². The molecule has 0 aromatic rings. The van der Waals surface area contributed by atoms with Gasteiger partial charge in [-0.1, -0.05) is 152 Å². The number of unbranched alkanes of at least 4 members (excludes halogenated alkanes) is 17. The molecule has 0 aliphatic carbocycles. The van der Waals surface area contributed by atoms with Crippen molar-refractivity contribution in [3.8, 4) is 0 Å². The summed E-state index contributed by atoms with van der Waals surface area (Å²) in [5.41, 5.74) is 0. The van der Waals surface area contributed by atoms with Gasteiger partial charge in [0.15, 0.2) is 0 Å². The molecular formula is C43H75NO5. The lowest BCUT2D eigenvalue weighted by molar-refractivity contribution is -0.150. The molecule has 0 aliphatic rings. The van der Waals surface area contributed by atoms with Crippen LogP contribution in [0.2, 0.25) is 0 Å². The monoisotopic (exact) mass is 686 g/mol. The van der Waals surface area contributed by atoms with Crippen molar-refractivity contribution in [2.75, 3.05) is 6.54 Å². The Morgan fingerprint density at radius 3 is 1.51 bits per heavy atom. The van der Waals surface area contributed by atoms with E-state index < -0.39 is 5.97 Å². The number of carbonyl (C=O) groups excluding carboxylic acids is 2. The molecule has 282 valence electrons. The van der Waals surface area contributed by atoms with Gasteiger partial charge in [0.05, 0.1) is 0 Å². The van der Waals surface area contributed by atoms with Crippen molar-refractivity contribution >= 4 is 17.8 Å². The summed E-state index contributed by atoms with van der Waals surface area (Å²) >= 11 is 0. The highest BCUT2D eigenvalue weighted by Crippen LogP contribution is 2.19. The van der Waals surface area contributed by atoms with E-state index >= 15 is 0 Å². The van der Waals surface area contributed by atoms with Crippen LogP contribution < -0.4 is 5.32 Å². The van der Waals surface area contributed by atoms with Gasteiger partial charge in [0.1, 0.15) is 12.6 Å². The van der Waals surface area contributed by atoms with Gasteiger partial charge in [-0.2, -0.15) is 0 Å². The summed E-state index contributed by atoms with van der Waals surface area (Å²) in [6.45, 7) is 4.10. The zero-order chi connectivity index (χ0) is 35.9. The molecule has 0 aromatic heterocycles. The van der Waals surface area contributed by atoms with Gasteiger partial charge < -0.3 is 15.2 Å². The van der Waals surface area contributed by atoms with Crippen LogP contribution in [-0.2, 0) is 19.1 Å². The fourth-order valence-corrected chi connectivity index (χ4v) is 5.80. The second kappa shape index (κ2) is 38.2. The molecule has 6 heteroatoms. The molecule has 0 fully saturated rings. The number of esters is 1. The van der Waals surface area contributed by atoms with E-state index in [-0.39, 0.29) is 24.5 Å². The number of carbonyl (C=O) groups is 3. The molecule has 0 radical (unpaired) electrons. The number of carboxylic acids is 1. The summed E-state index contributed by atoms with van der Waals surface area (Å²) in [4.78, 5) is 34.9. The highest BCUT2D eigenvalue weighted by Gasteiger charge is 2.14. The summed E-state index contributed by atoms with van der Waals surface area (Å²) in [6.07, 6.45) is 48.0. The molecule has 1 unspecified atom stereocenters. The third kappa shape index (κ3) is 38.0. The lowest BCUT2D eigenvalue weighted by Crippen LogP contribution is -2.28. The topological polar surface area (TPSA) is 92.7 Å². The summed E-state index contributed by atoms with van der Waals surface area (Å²) in [6, 6.07) is 0. The van der Waals surface area contributed by atoms with E-state index in [0.29, 0.717) is 12.8 Å². The fraction of sp³-hybridized carbons (Fsp3) is 0.744. The number of hydrogen-bond acceptors (Lipinski definition) is 4. The zero-order valence-corrected chi connectivity index (χ0v) is 31.8. The number of ether oxygens (including phenoxy) is 1. The molecule has 6 nitrogen and oxygen atoms in total. The summed E-state index contributed by atoms with van der Waals surface area (Å²) < 4.78 is 6.00. The van der Waals surface area contributed by atoms with E-state index in [1.165, 1.54) is 70.6 Å². The smallest absolute Gasteiger partial charge is 0.322 e. The van der Waals surface area contributed by atoms with Crippen molar-refractivity contribution in [3.05, 3.63) is 48.6 Å². The minimum atomic E-state index is -1.02. The minimum absolute atomic E-state index is 0.00625. The molecule has 0 bridgehead atoms. The lowest BCUT2D eigenvalue weighted by atomic mass is 10.0. The standard InChI is InChI=1S/C43H75NO5/c1-3-5-7-9-11-13-15-17-18-19-21-23-25-30-34-38-43(48)49-40(35-31-27-24-22-20-16-14-12-10-8-6-4-2)36-32-28-26-29-33-37-41(45)44-39-42(46)47/h5,7,11,13,17-18,21,23,40H,3-4,6,8-10,12,14-16,19-20,22,24-39H2,1-2H3,(H,44,45)(H,46,47)/b7-5-,13-11-,18-17-,23-21-. The van der Waals surface area contributed by atoms with Crippen LogP contribution in [0.5, 0.6) is 0 Å². The first-order valence-electron chi connectivity index (χ1n) is 20.3. The molecule has 1 atom stereocenters. The number of aliphatic carboxylic acids is 1. The van der Waals surface area contributed by atoms with Gasteiger partial charge >= 0.3 is 11.9 Å². The van der Waals surface area contributed by atoms with Crippen LogP contribution in [0.4, 0.5) is 0 Å². The molecule has 0 rings (SSSR count). The summed E-state index contributed by atoms with van der Waals surface area (Å²) in [5.74, 6) is -1.27. The largest absolute Gasteiger partial charge is 0.480 e. The molecule has 0 aromatic carbocycles. The van der Waals surface area contributed by atoms with E-state index in [9.17, 15) is 14.4 Å². The lowest BCUT2D eigenvalue weighted by Gasteiger charge is -2.18. The summed E-state index contributed by atoms with van der Waals surface area (Å²) in [5, 5.41) is 11.1. The van der Waals surface area contributed by atoms with Crippen molar-refractivity contribution in [2.45, 2.75) is 200 Å². The van der Waals surface area contributed by atoms with E-state index in [4.69, 9.17) is 9.84 Å². The van der Waals surface area contributed by atoms with Gasteiger partial charge in [-0.15, -0.1) is 0 Å².